The van der Waals surface area contributed by atoms with E-state index in [9.17, 15) is 27.9 Å². The molecule has 0 aromatic carbocycles. The van der Waals surface area contributed by atoms with Crippen molar-refractivity contribution in [3.8, 4) is 0 Å². The van der Waals surface area contributed by atoms with Crippen LogP contribution in [0.2, 0.25) is 0 Å². The van der Waals surface area contributed by atoms with Gasteiger partial charge >= 0.3 is 5.97 Å². The number of guanidine groups is 1. The second-order valence-corrected chi connectivity index (χ2v) is 10.2. The van der Waals surface area contributed by atoms with Crippen LogP contribution in [0.15, 0.2) is 28.9 Å². The Morgan fingerprint density at radius 2 is 2.06 bits per heavy atom. The van der Waals surface area contributed by atoms with Crippen LogP contribution >= 0.6 is 0 Å². The van der Waals surface area contributed by atoms with Gasteiger partial charge in [0.05, 0.1) is 17.8 Å². The minimum Gasteiger partial charge on any atom is -0.480 e. The van der Waals surface area contributed by atoms with Crippen LogP contribution in [-0.4, -0.2) is 76.4 Å². The second-order valence-electron chi connectivity index (χ2n) is 7.59. The highest BCUT2D eigenvalue weighted by atomic mass is 32.2. The average Bonchev–Trinajstić information content (AvgIpc) is 2.83. The normalized spacial score (nSPS) is 24.3. The molecule has 0 unspecified atom stereocenters. The number of nitrogens with one attached hydrogen (secondary N) is 1. The number of β-lactam (4-membered cyclic amide) rings is 1. The van der Waals surface area contributed by atoms with Crippen LogP contribution in [0.3, 0.4) is 0 Å². The minimum absolute atomic E-state index is 0.0883. The summed E-state index contributed by atoms with van der Waals surface area (Å²) in [6.07, 6.45) is 2.60. The fourth-order valence-corrected chi connectivity index (χ4v) is 5.75. The Morgan fingerprint density at radius 3 is 2.68 bits per heavy atom. The maximum atomic E-state index is 12.9. The van der Waals surface area contributed by atoms with E-state index in [0.717, 1.165) is 4.90 Å². The maximum absolute atomic E-state index is 12.9. The zero-order valence-electron chi connectivity index (χ0n) is 16.8. The molecule has 1 aromatic rings. The number of fused-ring (bicyclic) bond motifs is 1. The largest absolute Gasteiger partial charge is 0.480 e. The van der Waals surface area contributed by atoms with Crippen LogP contribution in [0.1, 0.15) is 29.9 Å². The number of nitrogens with zero attached hydrogens (tertiary/aromatic N) is 3. The van der Waals surface area contributed by atoms with Crippen molar-refractivity contribution in [2.24, 2.45) is 16.5 Å². The van der Waals surface area contributed by atoms with E-state index in [1.54, 1.807) is 0 Å². The van der Waals surface area contributed by atoms with Crippen molar-refractivity contribution in [2.45, 2.75) is 30.0 Å². The van der Waals surface area contributed by atoms with Gasteiger partial charge in [0.2, 0.25) is 0 Å². The molecule has 1 aromatic heterocycles. The summed E-state index contributed by atoms with van der Waals surface area (Å²) in [7, 11) is -3.99. The molecule has 3 rings (SSSR count). The number of rotatable bonds is 6. The summed E-state index contributed by atoms with van der Waals surface area (Å²) in [6, 6.07) is 1.35. The predicted octanol–water partition coefficient (Wildman–Crippen LogP) is -1.70. The second kappa shape index (κ2) is 7.65. The van der Waals surface area contributed by atoms with Gasteiger partial charge in [-0.3, -0.25) is 19.6 Å². The van der Waals surface area contributed by atoms with Gasteiger partial charge in [-0.1, -0.05) is 0 Å². The first-order valence-corrected chi connectivity index (χ1v) is 10.7. The highest BCUT2D eigenvalue weighted by Crippen LogP contribution is 2.48. The van der Waals surface area contributed by atoms with Gasteiger partial charge in [-0.05, 0) is 32.1 Å². The SMILES string of the molecule is CC1(C)[C@H](C(=O)O)N2C(=O)C(=Cc3cc(C(=O)NCCN=C(N)N)ccn3)[C@H]2S1(=O)=O. The fraction of sp³-hybridized carbons (Fsp3) is 0.389. The molecule has 166 valence electrons. The Bertz CT molecular complexity index is 1120. The van der Waals surface area contributed by atoms with Crippen molar-refractivity contribution < 1.29 is 27.9 Å². The summed E-state index contributed by atoms with van der Waals surface area (Å²) in [5.74, 6) is -2.61. The van der Waals surface area contributed by atoms with Crippen molar-refractivity contribution in [3.05, 3.63) is 35.2 Å². The Kier molecular flexibility index (Phi) is 5.48. The highest BCUT2D eigenvalue weighted by Gasteiger charge is 2.70. The number of aliphatic carboxylic acids is 1. The predicted molar refractivity (Wildman–Crippen MR) is 110 cm³/mol. The molecule has 12 nitrogen and oxygen atoms in total. The molecule has 0 saturated carbocycles. The van der Waals surface area contributed by atoms with Crippen molar-refractivity contribution in [1.82, 2.24) is 15.2 Å². The third kappa shape index (κ3) is 3.60. The first kappa shape index (κ1) is 22.2. The summed E-state index contributed by atoms with van der Waals surface area (Å²) in [6.45, 7) is 2.96. The molecule has 0 bridgehead atoms. The van der Waals surface area contributed by atoms with Gasteiger partial charge in [0.1, 0.15) is 4.75 Å². The quantitative estimate of drug-likeness (QED) is 0.128. The lowest BCUT2D eigenvalue weighted by molar-refractivity contribution is -0.152. The molecule has 0 spiro atoms. The van der Waals surface area contributed by atoms with E-state index < -0.39 is 43.8 Å². The van der Waals surface area contributed by atoms with Crippen molar-refractivity contribution in [2.75, 3.05) is 13.1 Å². The van der Waals surface area contributed by atoms with E-state index in [-0.39, 0.29) is 35.9 Å². The summed E-state index contributed by atoms with van der Waals surface area (Å²) < 4.78 is 24.1. The van der Waals surface area contributed by atoms with E-state index in [1.165, 1.54) is 38.3 Å². The number of sulfone groups is 1. The van der Waals surface area contributed by atoms with Crippen molar-refractivity contribution in [1.29, 1.82) is 0 Å². The molecule has 2 aliphatic heterocycles. The molecule has 2 atom stereocenters. The van der Waals surface area contributed by atoms with Gasteiger partial charge in [-0.2, -0.15) is 0 Å². The Hall–Kier alpha value is -3.48. The zero-order chi connectivity index (χ0) is 23.1. The lowest BCUT2D eigenvalue weighted by atomic mass is 9.95. The number of aromatic nitrogens is 1. The number of carboxylic acid groups (broad SMARTS) is 1. The summed E-state index contributed by atoms with van der Waals surface area (Å²) in [4.78, 5) is 45.1. The number of carbonyl (C=O) groups excluding carboxylic acids is 2. The molecule has 13 heteroatoms. The van der Waals surface area contributed by atoms with Crippen molar-refractivity contribution in [3.63, 3.8) is 0 Å². The first-order chi connectivity index (χ1) is 14.4. The van der Waals surface area contributed by atoms with E-state index in [0.29, 0.717) is 0 Å². The molecule has 6 N–H and O–H groups in total. The van der Waals surface area contributed by atoms with Crippen LogP contribution in [-0.2, 0) is 19.4 Å². The molecular formula is C18H22N6O6S. The molecule has 0 radical (unpaired) electrons. The number of carboxylic acids is 1. The molecule has 2 amide bonds. The topological polar surface area (TPSA) is 198 Å². The summed E-state index contributed by atoms with van der Waals surface area (Å²) >= 11 is 0. The fourth-order valence-electron chi connectivity index (χ4n) is 3.63. The molecule has 2 saturated heterocycles. The number of carbonyl (C=O) groups is 3. The smallest absolute Gasteiger partial charge is 0.328 e. The molecule has 2 aliphatic rings. The number of hydrogen-bond acceptors (Lipinski definition) is 7. The van der Waals surface area contributed by atoms with Crippen LogP contribution in [0.25, 0.3) is 6.08 Å². The van der Waals surface area contributed by atoms with E-state index in [2.05, 4.69) is 15.3 Å². The minimum atomic E-state index is -3.99. The molecule has 0 aliphatic carbocycles. The van der Waals surface area contributed by atoms with Gasteiger partial charge in [-0.15, -0.1) is 0 Å². The molecule has 2 fully saturated rings. The first-order valence-electron chi connectivity index (χ1n) is 9.19. The van der Waals surface area contributed by atoms with Crippen LogP contribution in [0.5, 0.6) is 0 Å². The Labute approximate surface area is 177 Å². The molecule has 31 heavy (non-hydrogen) atoms. The summed E-state index contributed by atoms with van der Waals surface area (Å²) in [5, 5.41) is 10.7. The van der Waals surface area contributed by atoms with Crippen molar-refractivity contribution >= 4 is 39.7 Å². The van der Waals surface area contributed by atoms with Gasteiger partial charge in [0.15, 0.2) is 27.2 Å². The Balaban J connectivity index is 1.85. The monoisotopic (exact) mass is 450 g/mol. The number of hydrogen-bond donors (Lipinski definition) is 4. The van der Waals surface area contributed by atoms with Gasteiger partial charge < -0.3 is 26.8 Å². The highest BCUT2D eigenvalue weighted by molar-refractivity contribution is 7.94. The lowest BCUT2D eigenvalue weighted by Gasteiger charge is -2.37. The maximum Gasteiger partial charge on any atom is 0.328 e. The van der Waals surface area contributed by atoms with Gasteiger partial charge in [0, 0.05) is 18.3 Å². The lowest BCUT2D eigenvalue weighted by Crippen LogP contribution is -2.58. The number of pyridine rings is 1. The zero-order valence-corrected chi connectivity index (χ0v) is 17.6. The molecular weight excluding hydrogens is 428 g/mol. The average molecular weight is 450 g/mol. The van der Waals surface area contributed by atoms with Crippen LogP contribution < -0.4 is 16.8 Å². The third-order valence-electron chi connectivity index (χ3n) is 5.24. The van der Waals surface area contributed by atoms with Crippen LogP contribution in [0, 0.1) is 0 Å². The van der Waals surface area contributed by atoms with Gasteiger partial charge in [-0.25, -0.2) is 13.2 Å². The van der Waals surface area contributed by atoms with E-state index in [4.69, 9.17) is 11.5 Å². The van der Waals surface area contributed by atoms with Gasteiger partial charge in [0.25, 0.3) is 11.8 Å². The summed E-state index contributed by atoms with van der Waals surface area (Å²) in [5.41, 5.74) is 10.7. The third-order valence-corrected chi connectivity index (χ3v) is 8.00. The Morgan fingerprint density at radius 1 is 1.39 bits per heavy atom. The standard InChI is InChI=1S/C18H22N6O6S/c1-18(2)12(16(27)28)24-14(26)11(15(24)31(18,29)30)8-10-7-9(3-4-21-10)13(25)22-5-6-23-17(19)20/h3-4,7-8,12,15H,5-6H2,1-2H3,(H,22,25)(H,27,28)(H4,19,20,23)/t12-,15+/m0/s1. The van der Waals surface area contributed by atoms with Crippen LogP contribution in [0.4, 0.5) is 0 Å². The number of amides is 2. The molecule has 3 heterocycles. The van der Waals surface area contributed by atoms with E-state index >= 15 is 0 Å². The number of aliphatic imine (C=N–C) groups is 1. The van der Waals surface area contributed by atoms with E-state index in [1.807, 2.05) is 0 Å². The number of nitrogens with two attached hydrogens (primary N) is 2.